The minimum absolute atomic E-state index is 0.0914. The highest BCUT2D eigenvalue weighted by Crippen LogP contribution is 2.26. The van der Waals surface area contributed by atoms with Crippen LogP contribution in [0, 0.1) is 6.92 Å². The van der Waals surface area contributed by atoms with Crippen molar-refractivity contribution in [2.75, 3.05) is 25.5 Å². The smallest absolute Gasteiger partial charge is 0.320 e. The Morgan fingerprint density at radius 2 is 2.17 bits per heavy atom. The van der Waals surface area contributed by atoms with Gasteiger partial charge in [-0.1, -0.05) is 12.1 Å². The highest BCUT2D eigenvalue weighted by Gasteiger charge is 2.27. The molecule has 1 aromatic heterocycles. The number of aromatic nitrogens is 1. The van der Waals surface area contributed by atoms with Crippen LogP contribution >= 0.6 is 11.5 Å². The Hall–Kier alpha value is -2.12. The Bertz CT molecular complexity index is 686. The number of carbonyl (C=O) groups is 1. The maximum atomic E-state index is 12.3. The quantitative estimate of drug-likeness (QED) is 0.796. The van der Waals surface area contributed by atoms with Gasteiger partial charge in [-0.15, -0.1) is 0 Å². The molecule has 2 amide bonds. The fourth-order valence-electron chi connectivity index (χ4n) is 2.97. The number of rotatable bonds is 4. The lowest BCUT2D eigenvalue weighted by atomic mass is 9.87. The number of hydrogen-bond acceptors (Lipinski definition) is 5. The summed E-state index contributed by atoms with van der Waals surface area (Å²) in [7, 11) is 1.66. The number of amides is 2. The van der Waals surface area contributed by atoms with Crippen LogP contribution < -0.4 is 20.7 Å². The van der Waals surface area contributed by atoms with Gasteiger partial charge in [-0.3, -0.25) is 5.32 Å². The van der Waals surface area contributed by atoms with Gasteiger partial charge in [-0.2, -0.15) is 4.37 Å². The summed E-state index contributed by atoms with van der Waals surface area (Å²) in [6, 6.07) is 9.83. The van der Waals surface area contributed by atoms with E-state index in [0.29, 0.717) is 0 Å². The maximum Gasteiger partial charge on any atom is 0.320 e. The van der Waals surface area contributed by atoms with Gasteiger partial charge in [0.2, 0.25) is 0 Å². The number of anilines is 1. The van der Waals surface area contributed by atoms with Gasteiger partial charge < -0.3 is 15.4 Å². The minimum atomic E-state index is -0.177. The molecule has 6 nitrogen and oxygen atoms in total. The molecule has 1 aliphatic heterocycles. The van der Waals surface area contributed by atoms with E-state index in [1.165, 1.54) is 17.1 Å². The molecule has 1 aromatic carbocycles. The number of piperidine rings is 1. The van der Waals surface area contributed by atoms with Gasteiger partial charge >= 0.3 is 6.03 Å². The van der Waals surface area contributed by atoms with E-state index in [9.17, 15) is 4.79 Å². The van der Waals surface area contributed by atoms with Gasteiger partial charge in [0.05, 0.1) is 12.8 Å². The van der Waals surface area contributed by atoms with Crippen molar-refractivity contribution in [1.82, 2.24) is 15.0 Å². The Balaban J connectivity index is 1.66. The summed E-state index contributed by atoms with van der Waals surface area (Å²) < 4.78 is 9.39. The first-order valence-electron chi connectivity index (χ1n) is 8.01. The molecule has 2 aromatic rings. The molecule has 0 radical (unpaired) electrons. The SMILES string of the molecule is COc1ccc([C@@H]2CNCCC2NC(=O)Nc2cc(C)ns2)cc1. The maximum absolute atomic E-state index is 12.3. The third-order valence-corrected chi connectivity index (χ3v) is 5.00. The number of benzene rings is 1. The highest BCUT2D eigenvalue weighted by molar-refractivity contribution is 7.10. The molecular formula is C17H22N4O2S. The summed E-state index contributed by atoms with van der Waals surface area (Å²) in [5.74, 6) is 1.07. The summed E-state index contributed by atoms with van der Waals surface area (Å²) in [4.78, 5) is 12.3. The Kier molecular flexibility index (Phi) is 5.32. The molecule has 0 bridgehead atoms. The molecule has 1 unspecified atom stereocenters. The molecule has 2 atom stereocenters. The number of ether oxygens (including phenoxy) is 1. The van der Waals surface area contributed by atoms with Gasteiger partial charge in [0.25, 0.3) is 0 Å². The molecule has 1 aliphatic rings. The zero-order valence-corrected chi connectivity index (χ0v) is 14.7. The van der Waals surface area contributed by atoms with Gasteiger partial charge in [-0.25, -0.2) is 4.79 Å². The van der Waals surface area contributed by atoms with Crippen molar-refractivity contribution >= 4 is 22.6 Å². The van der Waals surface area contributed by atoms with Crippen LogP contribution in [0.5, 0.6) is 5.75 Å². The van der Waals surface area contributed by atoms with Crippen LogP contribution in [0.25, 0.3) is 0 Å². The Morgan fingerprint density at radius 3 is 2.83 bits per heavy atom. The molecule has 2 heterocycles. The summed E-state index contributed by atoms with van der Waals surface area (Å²) in [6.07, 6.45) is 0.895. The topological polar surface area (TPSA) is 75.3 Å². The third kappa shape index (κ3) is 4.04. The molecule has 3 rings (SSSR count). The largest absolute Gasteiger partial charge is 0.497 e. The molecule has 7 heteroatoms. The van der Waals surface area contributed by atoms with E-state index < -0.39 is 0 Å². The number of hydrogen-bond donors (Lipinski definition) is 3. The van der Waals surface area contributed by atoms with Crippen molar-refractivity contribution in [3.63, 3.8) is 0 Å². The number of carbonyl (C=O) groups excluding carboxylic acids is 1. The van der Waals surface area contributed by atoms with E-state index in [-0.39, 0.29) is 18.0 Å². The molecule has 1 saturated heterocycles. The van der Waals surface area contributed by atoms with Crippen LogP contribution in [0.2, 0.25) is 0 Å². The van der Waals surface area contributed by atoms with Crippen molar-refractivity contribution in [3.8, 4) is 5.75 Å². The van der Waals surface area contributed by atoms with Crippen molar-refractivity contribution < 1.29 is 9.53 Å². The normalized spacial score (nSPS) is 20.4. The second-order valence-corrected chi connectivity index (χ2v) is 6.71. The van der Waals surface area contributed by atoms with E-state index in [0.717, 1.165) is 36.0 Å². The first kappa shape index (κ1) is 16.7. The molecule has 0 saturated carbocycles. The van der Waals surface area contributed by atoms with Crippen LogP contribution in [-0.4, -0.2) is 36.6 Å². The molecule has 1 fully saturated rings. The zero-order chi connectivity index (χ0) is 16.9. The molecule has 0 spiro atoms. The summed E-state index contributed by atoms with van der Waals surface area (Å²) in [6.45, 7) is 3.65. The predicted octanol–water partition coefficient (Wildman–Crippen LogP) is 2.73. The second-order valence-electron chi connectivity index (χ2n) is 5.91. The number of urea groups is 1. The van der Waals surface area contributed by atoms with Crippen LogP contribution in [0.4, 0.5) is 9.80 Å². The van der Waals surface area contributed by atoms with Crippen molar-refractivity contribution in [2.45, 2.75) is 25.3 Å². The zero-order valence-electron chi connectivity index (χ0n) is 13.8. The monoisotopic (exact) mass is 346 g/mol. The fraction of sp³-hybridized carbons (Fsp3) is 0.412. The first-order chi connectivity index (χ1) is 11.7. The Morgan fingerprint density at radius 1 is 1.38 bits per heavy atom. The van der Waals surface area contributed by atoms with Crippen molar-refractivity contribution in [1.29, 1.82) is 0 Å². The van der Waals surface area contributed by atoms with Crippen molar-refractivity contribution in [3.05, 3.63) is 41.6 Å². The first-order valence-corrected chi connectivity index (χ1v) is 8.78. The number of nitrogens with one attached hydrogen (secondary N) is 3. The predicted molar refractivity (Wildman–Crippen MR) is 96.0 cm³/mol. The fourth-order valence-corrected chi connectivity index (χ4v) is 3.63. The average Bonchev–Trinajstić information content (AvgIpc) is 3.00. The molecule has 24 heavy (non-hydrogen) atoms. The number of aryl methyl sites for hydroxylation is 1. The average molecular weight is 346 g/mol. The van der Waals surface area contributed by atoms with E-state index >= 15 is 0 Å². The lowest BCUT2D eigenvalue weighted by molar-refractivity contribution is 0.242. The van der Waals surface area contributed by atoms with Crippen LogP contribution in [0.1, 0.15) is 23.6 Å². The van der Waals surface area contributed by atoms with Crippen LogP contribution in [0.15, 0.2) is 30.3 Å². The van der Waals surface area contributed by atoms with Gasteiger partial charge in [0.15, 0.2) is 0 Å². The highest BCUT2D eigenvalue weighted by atomic mass is 32.1. The lowest BCUT2D eigenvalue weighted by Gasteiger charge is -2.33. The summed E-state index contributed by atoms with van der Waals surface area (Å²) >= 11 is 1.29. The van der Waals surface area contributed by atoms with E-state index in [1.54, 1.807) is 7.11 Å². The standard InChI is InChI=1S/C17H22N4O2S/c1-11-9-16(24-21-11)20-17(22)19-15-7-8-18-10-14(15)12-3-5-13(23-2)6-4-12/h3-6,9,14-15,18H,7-8,10H2,1-2H3,(H2,19,20,22)/t14-,15?/m0/s1. The molecule has 128 valence electrons. The summed E-state index contributed by atoms with van der Waals surface area (Å²) in [5.41, 5.74) is 2.11. The molecule has 3 N–H and O–H groups in total. The van der Waals surface area contributed by atoms with Crippen LogP contribution in [-0.2, 0) is 0 Å². The third-order valence-electron chi connectivity index (χ3n) is 4.21. The number of nitrogens with zero attached hydrogens (tertiary/aromatic N) is 1. The Labute approximate surface area is 145 Å². The van der Waals surface area contributed by atoms with Gasteiger partial charge in [0.1, 0.15) is 10.8 Å². The van der Waals surface area contributed by atoms with Crippen molar-refractivity contribution in [2.24, 2.45) is 0 Å². The van der Waals surface area contributed by atoms with Gasteiger partial charge in [-0.05, 0) is 55.2 Å². The van der Waals surface area contributed by atoms with Crippen LogP contribution in [0.3, 0.4) is 0 Å². The number of methoxy groups -OCH3 is 1. The lowest BCUT2D eigenvalue weighted by Crippen LogP contribution is -2.49. The van der Waals surface area contributed by atoms with Gasteiger partial charge in [0, 0.05) is 18.5 Å². The second kappa shape index (κ2) is 7.63. The summed E-state index contributed by atoms with van der Waals surface area (Å²) in [5, 5.41) is 10.1. The van der Waals surface area contributed by atoms with E-state index in [4.69, 9.17) is 4.74 Å². The molecule has 0 aliphatic carbocycles. The minimum Gasteiger partial charge on any atom is -0.497 e. The molecular weight excluding hydrogens is 324 g/mol. The van der Waals surface area contributed by atoms with E-state index in [2.05, 4.69) is 32.5 Å². The van der Waals surface area contributed by atoms with E-state index in [1.807, 2.05) is 25.1 Å².